The largest absolute Gasteiger partial charge is 0.609 e. The summed E-state index contributed by atoms with van der Waals surface area (Å²) >= 11 is -1.99. The number of ether oxygens (including phenoxy) is 3. The molecule has 0 fully saturated rings. The number of carbonyl (C=O) groups excluding carboxylic acids is 3. The quantitative estimate of drug-likeness (QED) is 0.245. The maximum Gasteiger partial charge on any atom is 0.422 e. The number of nitrogens with zero attached hydrogens (tertiary/aromatic N) is 4. The van der Waals surface area contributed by atoms with Crippen molar-refractivity contribution in [1.82, 2.24) is 19.4 Å². The zero-order valence-electron chi connectivity index (χ0n) is 21.9. The fourth-order valence-corrected chi connectivity index (χ4v) is 4.84. The van der Waals surface area contributed by atoms with Gasteiger partial charge < -0.3 is 23.7 Å². The van der Waals surface area contributed by atoms with E-state index >= 15 is 0 Å². The van der Waals surface area contributed by atoms with Crippen LogP contribution in [0.15, 0.2) is 41.7 Å². The summed E-state index contributed by atoms with van der Waals surface area (Å²) in [5.41, 5.74) is 1.17. The van der Waals surface area contributed by atoms with Gasteiger partial charge in [0.2, 0.25) is 0 Å². The van der Waals surface area contributed by atoms with Crippen LogP contribution in [-0.4, -0.2) is 81.0 Å². The molecule has 0 bridgehead atoms. The molecule has 0 N–H and O–H groups in total. The van der Waals surface area contributed by atoms with E-state index in [2.05, 4.69) is 9.97 Å². The number of aromatic nitrogens is 3. The summed E-state index contributed by atoms with van der Waals surface area (Å²) in [6, 6.07) is 7.18. The van der Waals surface area contributed by atoms with Crippen molar-refractivity contribution in [1.29, 1.82) is 0 Å². The highest BCUT2D eigenvalue weighted by Crippen LogP contribution is 2.27. The Morgan fingerprint density at radius 2 is 1.68 bits per heavy atom. The molecule has 2 heterocycles. The summed E-state index contributed by atoms with van der Waals surface area (Å²) in [6.45, 7) is 2.03. The Bertz CT molecular complexity index is 1350. The lowest BCUT2D eigenvalue weighted by Crippen LogP contribution is -2.40. The molecule has 3 aromatic rings. The van der Waals surface area contributed by atoms with Crippen LogP contribution < -0.4 is 4.74 Å². The third kappa shape index (κ3) is 8.32. The predicted octanol–water partition coefficient (Wildman–Crippen LogP) is 3.38. The molecule has 1 aromatic carbocycles. The molecule has 11 nitrogen and oxygen atoms in total. The Kier molecular flexibility index (Phi) is 10.3. The van der Waals surface area contributed by atoms with E-state index < -0.39 is 41.9 Å². The minimum absolute atomic E-state index is 0.0580. The first-order valence-electron chi connectivity index (χ1n) is 11.9. The van der Waals surface area contributed by atoms with Crippen molar-refractivity contribution in [2.75, 3.05) is 32.9 Å². The van der Waals surface area contributed by atoms with Crippen molar-refractivity contribution in [2.45, 2.75) is 37.9 Å². The number of halogens is 3. The van der Waals surface area contributed by atoms with Crippen LogP contribution in [-0.2, 0) is 36.0 Å². The van der Waals surface area contributed by atoms with Crippen LogP contribution in [0.5, 0.6) is 5.75 Å². The van der Waals surface area contributed by atoms with Gasteiger partial charge >= 0.3 is 29.3 Å². The Balaban J connectivity index is 1.93. The van der Waals surface area contributed by atoms with E-state index in [0.29, 0.717) is 11.0 Å². The molecule has 1 amide bonds. The SMILES string of the molecule is CC(=O)OCCN(CCOC(C)=O)C(=O)n1c([S@+]([O-])Cc2nccc(OCC(F)(F)F)c2C)nc2ccccc21. The van der Waals surface area contributed by atoms with Crippen molar-refractivity contribution in [3.8, 4) is 5.75 Å². The van der Waals surface area contributed by atoms with E-state index in [9.17, 15) is 32.1 Å². The maximum atomic E-state index is 13.7. The average molecular weight is 585 g/mol. The molecule has 15 heteroatoms. The van der Waals surface area contributed by atoms with Gasteiger partial charge in [-0.3, -0.25) is 14.6 Å². The van der Waals surface area contributed by atoms with Gasteiger partial charge in [-0.05, 0) is 25.1 Å². The number of fused-ring (bicyclic) bond motifs is 1. The van der Waals surface area contributed by atoms with Crippen molar-refractivity contribution in [3.63, 3.8) is 0 Å². The molecule has 40 heavy (non-hydrogen) atoms. The lowest BCUT2D eigenvalue weighted by Gasteiger charge is -2.23. The second kappa shape index (κ2) is 13.5. The number of imidazole rings is 1. The summed E-state index contributed by atoms with van der Waals surface area (Å²) in [5, 5.41) is -0.126. The summed E-state index contributed by atoms with van der Waals surface area (Å²) in [6.07, 6.45) is -3.30. The monoisotopic (exact) mass is 584 g/mol. The molecule has 1 atom stereocenters. The molecule has 0 aliphatic heterocycles. The van der Waals surface area contributed by atoms with Crippen LogP contribution in [0.1, 0.15) is 25.1 Å². The van der Waals surface area contributed by atoms with Crippen LogP contribution in [0.3, 0.4) is 0 Å². The van der Waals surface area contributed by atoms with Crippen molar-refractivity contribution >= 4 is 40.2 Å². The highest BCUT2D eigenvalue weighted by atomic mass is 32.2. The topological polar surface area (TPSA) is 136 Å². The van der Waals surface area contributed by atoms with E-state index in [4.69, 9.17) is 14.2 Å². The third-order valence-electron chi connectivity index (χ3n) is 5.45. The lowest BCUT2D eigenvalue weighted by atomic mass is 10.2. The van der Waals surface area contributed by atoms with Crippen LogP contribution >= 0.6 is 0 Å². The minimum Gasteiger partial charge on any atom is -0.609 e. The molecule has 0 radical (unpaired) electrons. The smallest absolute Gasteiger partial charge is 0.422 e. The van der Waals surface area contributed by atoms with Crippen LogP contribution in [0.4, 0.5) is 18.0 Å². The maximum absolute atomic E-state index is 13.7. The first kappa shape index (κ1) is 30.7. The van der Waals surface area contributed by atoms with Gasteiger partial charge in [0, 0.05) is 36.8 Å². The number of carbonyl (C=O) groups is 3. The Hall–Kier alpha value is -3.85. The first-order chi connectivity index (χ1) is 18.9. The fraction of sp³-hybridized carbons (Fsp3) is 0.400. The van der Waals surface area contributed by atoms with Crippen molar-refractivity contribution in [3.05, 3.63) is 47.8 Å². The van der Waals surface area contributed by atoms with Gasteiger partial charge in [-0.1, -0.05) is 12.1 Å². The van der Waals surface area contributed by atoms with E-state index in [1.165, 1.54) is 37.9 Å². The zero-order valence-corrected chi connectivity index (χ0v) is 22.7. The molecular formula is C25H27F3N4O7S. The van der Waals surface area contributed by atoms with E-state index in [-0.39, 0.29) is 54.2 Å². The number of amides is 1. The van der Waals surface area contributed by atoms with Crippen molar-refractivity contribution < 1.29 is 46.3 Å². The number of pyridine rings is 1. The minimum atomic E-state index is -4.54. The van der Waals surface area contributed by atoms with Crippen LogP contribution in [0.2, 0.25) is 0 Å². The standard InChI is InChI=1S/C25H27F3N4O7S/c1-16-20(29-9-8-22(16)39-15-25(26,27)28)14-40(36)23-30-19-6-4-5-7-21(19)32(23)24(35)31(10-12-37-17(2)33)11-13-38-18(3)34/h4-9H,10-15H2,1-3H3/t40-/m1/s1. The molecule has 3 rings (SSSR count). The van der Waals surface area contributed by atoms with Crippen LogP contribution in [0, 0.1) is 6.92 Å². The van der Waals surface area contributed by atoms with Gasteiger partial charge in [-0.15, -0.1) is 0 Å². The van der Waals surface area contributed by atoms with E-state index in [0.717, 1.165) is 4.57 Å². The zero-order chi connectivity index (χ0) is 29.4. The number of benzene rings is 1. The van der Waals surface area contributed by atoms with Crippen LogP contribution in [0.25, 0.3) is 11.0 Å². The Morgan fingerprint density at radius 1 is 1.05 bits per heavy atom. The van der Waals surface area contributed by atoms with Gasteiger partial charge in [-0.2, -0.15) is 18.2 Å². The highest BCUT2D eigenvalue weighted by molar-refractivity contribution is 7.90. The summed E-state index contributed by atoms with van der Waals surface area (Å²) in [4.78, 5) is 46.0. The van der Waals surface area contributed by atoms with Gasteiger partial charge in [0.1, 0.15) is 19.0 Å². The normalized spacial score (nSPS) is 12.2. The molecule has 0 saturated carbocycles. The predicted molar refractivity (Wildman–Crippen MR) is 136 cm³/mol. The third-order valence-corrected chi connectivity index (χ3v) is 6.66. The molecule has 0 aliphatic carbocycles. The van der Waals surface area contributed by atoms with Gasteiger partial charge in [0.25, 0.3) is 0 Å². The second-order valence-electron chi connectivity index (χ2n) is 8.44. The number of rotatable bonds is 11. The summed E-state index contributed by atoms with van der Waals surface area (Å²) in [7, 11) is 0. The molecule has 0 spiro atoms. The average Bonchev–Trinajstić information content (AvgIpc) is 3.27. The Labute approximate surface area is 230 Å². The molecule has 2 aromatic heterocycles. The van der Waals surface area contributed by atoms with Gasteiger partial charge in [-0.25, -0.2) is 9.36 Å². The number of hydrogen-bond donors (Lipinski definition) is 0. The summed E-state index contributed by atoms with van der Waals surface area (Å²) < 4.78 is 67.4. The molecule has 0 unspecified atom stereocenters. The molecule has 0 saturated heterocycles. The van der Waals surface area contributed by atoms with E-state index in [1.54, 1.807) is 24.3 Å². The van der Waals surface area contributed by atoms with Crippen molar-refractivity contribution in [2.24, 2.45) is 0 Å². The molecule has 0 aliphatic rings. The number of esters is 2. The van der Waals surface area contributed by atoms with Gasteiger partial charge in [0.15, 0.2) is 12.4 Å². The second-order valence-corrected chi connectivity index (χ2v) is 9.79. The van der Waals surface area contributed by atoms with Gasteiger partial charge in [0.05, 0.1) is 29.8 Å². The number of alkyl halides is 3. The highest BCUT2D eigenvalue weighted by Gasteiger charge is 2.31. The van der Waals surface area contributed by atoms with E-state index in [1.807, 2.05) is 0 Å². The lowest BCUT2D eigenvalue weighted by molar-refractivity contribution is -0.153. The number of para-hydroxylation sites is 2. The fourth-order valence-electron chi connectivity index (χ4n) is 3.59. The first-order valence-corrected chi connectivity index (χ1v) is 13.2. The Morgan fingerprint density at radius 3 is 2.27 bits per heavy atom. The summed E-state index contributed by atoms with van der Waals surface area (Å²) in [5.74, 6) is -1.43. The number of hydrogen-bond acceptors (Lipinski definition) is 9. The molecule has 216 valence electrons. The molecular weight excluding hydrogens is 557 g/mol.